The van der Waals surface area contributed by atoms with E-state index in [1.807, 2.05) is 11.8 Å². The first-order valence-corrected chi connectivity index (χ1v) is 5.03. The smallest absolute Gasteiger partial charge is 0.122 e. The predicted octanol–water partition coefficient (Wildman–Crippen LogP) is 0.343. The van der Waals surface area contributed by atoms with Gasteiger partial charge in [0.2, 0.25) is 0 Å². The maximum Gasteiger partial charge on any atom is 0.122 e. The van der Waals surface area contributed by atoms with Crippen molar-refractivity contribution < 1.29 is 4.84 Å². The highest BCUT2D eigenvalue weighted by molar-refractivity contribution is 7.99. The molecule has 12 heavy (non-hydrogen) atoms. The number of hydrogen-bond donors (Lipinski definition) is 2. The number of allylic oxidation sites excluding steroid dienone is 1. The molecule has 2 rings (SSSR count). The van der Waals surface area contributed by atoms with Gasteiger partial charge in [0.1, 0.15) is 6.26 Å². The predicted molar refractivity (Wildman–Crippen MR) is 52.0 cm³/mol. The Bertz CT molecular complexity index is 133. The molecule has 0 aliphatic carbocycles. The molecule has 4 nitrogen and oxygen atoms in total. The van der Waals surface area contributed by atoms with Crippen molar-refractivity contribution in [2.24, 2.45) is 5.10 Å². The van der Waals surface area contributed by atoms with Crippen molar-refractivity contribution in [1.82, 2.24) is 10.9 Å². The fraction of sp³-hybridized carbons (Fsp3) is 0.571. The van der Waals surface area contributed by atoms with Crippen molar-refractivity contribution in [1.29, 1.82) is 0 Å². The lowest BCUT2D eigenvalue weighted by atomic mass is 10.6. The van der Waals surface area contributed by atoms with E-state index >= 15 is 0 Å². The summed E-state index contributed by atoms with van der Waals surface area (Å²) in [5.74, 6) is 2.61. The van der Waals surface area contributed by atoms with Gasteiger partial charge in [0.15, 0.2) is 0 Å². The van der Waals surface area contributed by atoms with Crippen LogP contribution >= 0.6 is 11.8 Å². The number of nitrogens with one attached hydrogen (secondary N) is 2. The summed E-state index contributed by atoms with van der Waals surface area (Å²) in [4.78, 5) is 4.44. The van der Waals surface area contributed by atoms with Crippen molar-refractivity contribution in [3.8, 4) is 0 Å². The van der Waals surface area contributed by atoms with Crippen LogP contribution in [0.1, 0.15) is 0 Å². The van der Waals surface area contributed by atoms with Gasteiger partial charge in [0.05, 0.1) is 6.21 Å². The van der Waals surface area contributed by atoms with E-state index in [2.05, 4.69) is 20.8 Å². The molecule has 1 saturated heterocycles. The zero-order valence-corrected chi connectivity index (χ0v) is 7.64. The molecule has 0 radical (unpaired) electrons. The zero-order valence-electron chi connectivity index (χ0n) is 6.82. The van der Waals surface area contributed by atoms with Gasteiger partial charge < -0.3 is 10.2 Å². The number of hydrogen-bond acceptors (Lipinski definition) is 5. The van der Waals surface area contributed by atoms with Crippen molar-refractivity contribution in [3.63, 3.8) is 0 Å². The Morgan fingerprint density at radius 1 is 1.33 bits per heavy atom. The molecule has 2 N–H and O–H groups in total. The van der Waals surface area contributed by atoms with Gasteiger partial charge in [-0.2, -0.15) is 16.9 Å². The Morgan fingerprint density at radius 3 is 2.33 bits per heavy atom. The summed E-state index contributed by atoms with van der Waals surface area (Å²) in [6, 6.07) is 0. The van der Waals surface area contributed by atoms with Crippen LogP contribution in [0.5, 0.6) is 0 Å². The number of nitrogens with zero attached hydrogens (tertiary/aromatic N) is 1. The Morgan fingerprint density at radius 2 is 2.17 bits per heavy atom. The lowest BCUT2D eigenvalue weighted by Crippen LogP contribution is -2.24. The van der Waals surface area contributed by atoms with E-state index in [0.29, 0.717) is 0 Å². The molecule has 0 spiro atoms. The lowest BCUT2D eigenvalue weighted by molar-refractivity contribution is 0.136. The maximum atomic E-state index is 4.44. The highest BCUT2D eigenvalue weighted by atomic mass is 32.2. The summed E-state index contributed by atoms with van der Waals surface area (Å²) in [5, 5.41) is 6.76. The maximum absolute atomic E-state index is 4.44. The van der Waals surface area contributed by atoms with E-state index in [9.17, 15) is 0 Å². The molecule has 0 aromatic rings. The first-order valence-electron chi connectivity index (χ1n) is 3.87. The van der Waals surface area contributed by atoms with E-state index in [4.69, 9.17) is 0 Å². The third-order valence-electron chi connectivity index (χ3n) is 1.26. The molecule has 5 heteroatoms. The quantitative estimate of drug-likeness (QED) is 0.574. The highest BCUT2D eigenvalue weighted by Gasteiger charge is 1.93. The normalized spacial score (nSPS) is 20.0. The van der Waals surface area contributed by atoms with Crippen LogP contribution < -0.4 is 10.9 Å². The molecule has 0 unspecified atom stereocenters. The summed E-state index contributed by atoms with van der Waals surface area (Å²) in [6.07, 6.45) is 4.80. The molecule has 2 aliphatic heterocycles. The summed E-state index contributed by atoms with van der Waals surface area (Å²) in [7, 11) is 0. The molecule has 0 aromatic carbocycles. The zero-order chi connectivity index (χ0) is 8.49. The Kier molecular flexibility index (Phi) is 5.48. The third kappa shape index (κ3) is 5.03. The van der Waals surface area contributed by atoms with Gasteiger partial charge in [0.25, 0.3) is 0 Å². The van der Waals surface area contributed by atoms with Crippen LogP contribution in [0.2, 0.25) is 0 Å². The lowest BCUT2D eigenvalue weighted by Gasteiger charge is -2.08. The van der Waals surface area contributed by atoms with Crippen LogP contribution in [-0.4, -0.2) is 30.8 Å². The van der Waals surface area contributed by atoms with E-state index < -0.39 is 0 Å². The van der Waals surface area contributed by atoms with Crippen LogP contribution in [0.4, 0.5) is 0 Å². The number of hydrazone groups is 1. The van der Waals surface area contributed by atoms with Gasteiger partial charge in [-0.05, 0) is 6.08 Å². The van der Waals surface area contributed by atoms with E-state index in [1.54, 1.807) is 12.3 Å². The molecule has 0 bridgehead atoms. The fourth-order valence-electron chi connectivity index (χ4n) is 0.724. The summed E-state index contributed by atoms with van der Waals surface area (Å²) in [6.45, 7) is 2.43. The van der Waals surface area contributed by atoms with Gasteiger partial charge in [-0.25, -0.2) is 0 Å². The highest BCUT2D eigenvalue weighted by Crippen LogP contribution is 1.99. The summed E-state index contributed by atoms with van der Waals surface area (Å²) >= 11 is 2.03. The Balaban J connectivity index is 0.000000120. The minimum Gasteiger partial charge on any atom is -0.373 e. The minimum absolute atomic E-state index is 1.21. The van der Waals surface area contributed by atoms with Crippen LogP contribution in [-0.2, 0) is 4.84 Å². The minimum atomic E-state index is 1.21. The van der Waals surface area contributed by atoms with Crippen molar-refractivity contribution in [3.05, 3.63) is 12.3 Å². The van der Waals surface area contributed by atoms with Gasteiger partial charge in [-0.15, -0.1) is 5.59 Å². The Labute approximate surface area is 76.4 Å². The molecule has 1 fully saturated rings. The second-order valence-electron chi connectivity index (χ2n) is 2.18. The van der Waals surface area contributed by atoms with Crippen molar-refractivity contribution >= 4 is 18.0 Å². The van der Waals surface area contributed by atoms with Gasteiger partial charge in [0, 0.05) is 24.6 Å². The van der Waals surface area contributed by atoms with Crippen LogP contribution in [0, 0.1) is 0 Å². The molecule has 0 atom stereocenters. The summed E-state index contributed by atoms with van der Waals surface area (Å²) in [5.41, 5.74) is 2.27. The first-order chi connectivity index (χ1) is 6.00. The van der Waals surface area contributed by atoms with Gasteiger partial charge in [-0.1, -0.05) is 0 Å². The number of rotatable bonds is 0. The van der Waals surface area contributed by atoms with E-state index in [-0.39, 0.29) is 0 Å². The van der Waals surface area contributed by atoms with Crippen LogP contribution in [0.3, 0.4) is 0 Å². The fourth-order valence-corrected chi connectivity index (χ4v) is 1.51. The monoisotopic (exact) mass is 187 g/mol. The van der Waals surface area contributed by atoms with Crippen LogP contribution in [0.15, 0.2) is 17.4 Å². The molecular formula is C7H13N3OS. The largest absolute Gasteiger partial charge is 0.373 e. The SMILES string of the molecule is C1=CONN=C1.C1CSCCN1. The molecule has 2 aliphatic rings. The molecule has 0 amide bonds. The molecular weight excluding hydrogens is 174 g/mol. The van der Waals surface area contributed by atoms with Gasteiger partial charge in [-0.3, -0.25) is 0 Å². The van der Waals surface area contributed by atoms with Gasteiger partial charge >= 0.3 is 0 Å². The average molecular weight is 187 g/mol. The second kappa shape index (κ2) is 7.00. The topological polar surface area (TPSA) is 45.6 Å². The second-order valence-corrected chi connectivity index (χ2v) is 3.40. The summed E-state index contributed by atoms with van der Waals surface area (Å²) < 4.78 is 0. The molecule has 2 heterocycles. The molecule has 68 valence electrons. The van der Waals surface area contributed by atoms with Crippen molar-refractivity contribution in [2.45, 2.75) is 0 Å². The Hall–Kier alpha value is -0.680. The molecule has 0 aromatic heterocycles. The van der Waals surface area contributed by atoms with Crippen LogP contribution in [0.25, 0.3) is 0 Å². The van der Waals surface area contributed by atoms with E-state index in [1.165, 1.54) is 30.9 Å². The standard InChI is InChI=1S/C4H9NS.C3H4N2O/c1-3-6-4-2-5-1;1-2-4-5-6-3-1/h5H,1-4H2;1-3,5H. The third-order valence-corrected chi connectivity index (χ3v) is 2.24. The van der Waals surface area contributed by atoms with E-state index in [0.717, 1.165) is 0 Å². The van der Waals surface area contributed by atoms with Crippen molar-refractivity contribution in [2.75, 3.05) is 24.6 Å². The number of thioether (sulfide) groups is 1. The average Bonchev–Trinajstić information content (AvgIpc) is 2.24. The first kappa shape index (κ1) is 9.41. The molecule has 0 saturated carbocycles.